The number of hydrogen-bond acceptors (Lipinski definition) is 8. The number of thiazole rings is 1. The first-order chi connectivity index (χ1) is 10.8. The molecule has 4 heterocycles. The summed E-state index contributed by atoms with van der Waals surface area (Å²) in [5.74, 6) is 1.95. The lowest BCUT2D eigenvalue weighted by atomic mass is 10.2. The van der Waals surface area contributed by atoms with Crippen LogP contribution in [0.5, 0.6) is 0 Å². The summed E-state index contributed by atoms with van der Waals surface area (Å²) in [5.41, 5.74) is 0. The van der Waals surface area contributed by atoms with Gasteiger partial charge in [0.2, 0.25) is 0 Å². The molecule has 0 bridgehead atoms. The third-order valence-electron chi connectivity index (χ3n) is 3.70. The number of nitrogens with one attached hydrogen (secondary N) is 1. The second-order valence-corrected chi connectivity index (χ2v) is 6.20. The van der Waals surface area contributed by atoms with E-state index in [9.17, 15) is 0 Å². The van der Waals surface area contributed by atoms with Gasteiger partial charge in [0.05, 0.1) is 18.5 Å². The minimum absolute atomic E-state index is 0.142. The van der Waals surface area contributed by atoms with Gasteiger partial charge in [-0.2, -0.15) is 4.98 Å². The minimum Gasteiger partial charge on any atom is -0.462 e. The lowest BCUT2D eigenvalue weighted by Gasteiger charge is -2.30. The number of likely N-dealkylation sites (N-methyl/N-ethyl adjacent to an activating group) is 1. The van der Waals surface area contributed by atoms with Crippen molar-refractivity contribution in [3.05, 3.63) is 30.4 Å². The van der Waals surface area contributed by atoms with Crippen molar-refractivity contribution in [3.63, 3.8) is 0 Å². The van der Waals surface area contributed by atoms with E-state index in [0.717, 1.165) is 35.3 Å². The first-order valence-electron chi connectivity index (χ1n) is 7.06. The molecule has 0 radical (unpaired) electrons. The molecule has 8 heteroatoms. The molecular formula is C14H15N5O2S. The summed E-state index contributed by atoms with van der Waals surface area (Å²) in [6.45, 7) is 2.78. The Kier molecular flexibility index (Phi) is 3.49. The zero-order valence-electron chi connectivity index (χ0n) is 12.0. The number of aromatic nitrogens is 3. The molecule has 4 rings (SSSR count). The molecule has 0 saturated carbocycles. The molecule has 0 spiro atoms. The number of nitrogens with zero attached hydrogens (tertiary/aromatic N) is 4. The molecule has 1 saturated heterocycles. The molecule has 1 atom stereocenters. The second kappa shape index (κ2) is 5.64. The van der Waals surface area contributed by atoms with Gasteiger partial charge in [-0.1, -0.05) is 5.16 Å². The maximum absolute atomic E-state index is 5.41. The molecule has 3 aromatic rings. The molecule has 0 aliphatic carbocycles. The van der Waals surface area contributed by atoms with Gasteiger partial charge in [-0.15, -0.1) is 11.3 Å². The van der Waals surface area contributed by atoms with Crippen LogP contribution in [0.3, 0.4) is 0 Å². The first kappa shape index (κ1) is 13.6. The third-order valence-corrected chi connectivity index (χ3v) is 4.70. The van der Waals surface area contributed by atoms with Crippen LogP contribution in [-0.4, -0.2) is 46.7 Å². The fraction of sp³-hybridized carbons (Fsp3) is 0.357. The van der Waals surface area contributed by atoms with Gasteiger partial charge < -0.3 is 14.3 Å². The lowest BCUT2D eigenvalue weighted by Crippen LogP contribution is -2.44. The Morgan fingerprint density at radius 1 is 1.45 bits per heavy atom. The fourth-order valence-electron chi connectivity index (χ4n) is 2.45. The highest BCUT2D eigenvalue weighted by molar-refractivity contribution is 7.18. The van der Waals surface area contributed by atoms with Crippen LogP contribution in [-0.2, 0) is 0 Å². The van der Waals surface area contributed by atoms with Crippen LogP contribution in [0.4, 0.5) is 0 Å². The minimum atomic E-state index is 0.142. The van der Waals surface area contributed by atoms with Gasteiger partial charge in [0.25, 0.3) is 5.89 Å². The van der Waals surface area contributed by atoms with Crippen molar-refractivity contribution >= 4 is 11.3 Å². The molecule has 1 N–H and O–H groups in total. The predicted octanol–water partition coefficient (Wildman–Crippen LogP) is 2.03. The van der Waals surface area contributed by atoms with Gasteiger partial charge in [-0.25, -0.2) is 4.98 Å². The van der Waals surface area contributed by atoms with Crippen molar-refractivity contribution in [1.29, 1.82) is 0 Å². The summed E-state index contributed by atoms with van der Waals surface area (Å²) in [7, 11) is 2.07. The average molecular weight is 317 g/mol. The Morgan fingerprint density at radius 2 is 2.41 bits per heavy atom. The molecule has 1 unspecified atom stereocenters. The van der Waals surface area contributed by atoms with Crippen molar-refractivity contribution in [2.45, 2.75) is 6.04 Å². The van der Waals surface area contributed by atoms with Crippen molar-refractivity contribution in [1.82, 2.24) is 25.3 Å². The van der Waals surface area contributed by atoms with E-state index < -0.39 is 0 Å². The Hall–Kier alpha value is -2.03. The maximum Gasteiger partial charge on any atom is 0.269 e. The van der Waals surface area contributed by atoms with Gasteiger partial charge in [-0.3, -0.25) is 4.90 Å². The SMILES string of the molecule is CN1CCNCC1c1noc(-c2cnc(-c3ccco3)s2)n1. The Balaban J connectivity index is 1.59. The van der Waals surface area contributed by atoms with Crippen LogP contribution in [0.2, 0.25) is 0 Å². The molecule has 3 aromatic heterocycles. The molecule has 1 fully saturated rings. The number of hydrogen-bond donors (Lipinski definition) is 1. The van der Waals surface area contributed by atoms with Crippen LogP contribution < -0.4 is 5.32 Å². The van der Waals surface area contributed by atoms with Gasteiger partial charge in [-0.05, 0) is 19.2 Å². The normalized spacial score (nSPS) is 19.6. The summed E-state index contributed by atoms with van der Waals surface area (Å²) in [4.78, 5) is 11.9. The molecule has 1 aliphatic heterocycles. The van der Waals surface area contributed by atoms with Crippen LogP contribution in [0, 0.1) is 0 Å². The number of piperazine rings is 1. The van der Waals surface area contributed by atoms with Crippen LogP contribution >= 0.6 is 11.3 Å². The van der Waals surface area contributed by atoms with E-state index in [2.05, 4.69) is 32.4 Å². The van der Waals surface area contributed by atoms with Crippen LogP contribution in [0.15, 0.2) is 33.5 Å². The summed E-state index contributed by atoms with van der Waals surface area (Å²) < 4.78 is 10.8. The van der Waals surface area contributed by atoms with Crippen molar-refractivity contribution in [2.24, 2.45) is 0 Å². The van der Waals surface area contributed by atoms with Gasteiger partial charge >= 0.3 is 0 Å². The monoisotopic (exact) mass is 317 g/mol. The molecule has 0 aromatic carbocycles. The summed E-state index contributed by atoms with van der Waals surface area (Å²) in [5, 5.41) is 8.28. The smallest absolute Gasteiger partial charge is 0.269 e. The second-order valence-electron chi connectivity index (χ2n) is 5.17. The number of rotatable bonds is 3. The van der Waals surface area contributed by atoms with E-state index in [1.165, 1.54) is 11.3 Å². The third kappa shape index (κ3) is 2.45. The zero-order chi connectivity index (χ0) is 14.9. The standard InChI is InChI=1S/C14H15N5O2S/c1-19-5-4-15-7-9(19)12-17-13(21-18-12)11-8-16-14(22-11)10-3-2-6-20-10/h2-3,6,8-9,15H,4-5,7H2,1H3. The Labute approximate surface area is 131 Å². The highest BCUT2D eigenvalue weighted by Crippen LogP contribution is 2.32. The molecule has 0 amide bonds. The highest BCUT2D eigenvalue weighted by Gasteiger charge is 2.26. The van der Waals surface area contributed by atoms with Crippen molar-refractivity contribution in [3.8, 4) is 21.5 Å². The van der Waals surface area contributed by atoms with Gasteiger partial charge in [0, 0.05) is 19.6 Å². The van der Waals surface area contributed by atoms with Gasteiger partial charge in [0.1, 0.15) is 4.88 Å². The van der Waals surface area contributed by atoms with Gasteiger partial charge in [0.15, 0.2) is 16.6 Å². The quantitative estimate of drug-likeness (QED) is 0.791. The molecule has 1 aliphatic rings. The lowest BCUT2D eigenvalue weighted by molar-refractivity contribution is 0.190. The van der Waals surface area contributed by atoms with Crippen molar-refractivity contribution in [2.75, 3.05) is 26.7 Å². The Bertz CT molecular complexity index is 751. The van der Waals surface area contributed by atoms with E-state index in [1.807, 2.05) is 12.1 Å². The summed E-state index contributed by atoms with van der Waals surface area (Å²) >= 11 is 1.47. The van der Waals surface area contributed by atoms with E-state index in [1.54, 1.807) is 12.5 Å². The fourth-order valence-corrected chi connectivity index (χ4v) is 3.26. The number of furan rings is 1. The maximum atomic E-state index is 5.41. The average Bonchev–Trinajstić information content (AvgIpc) is 3.27. The van der Waals surface area contributed by atoms with E-state index >= 15 is 0 Å². The van der Waals surface area contributed by atoms with Crippen LogP contribution in [0.25, 0.3) is 21.5 Å². The van der Waals surface area contributed by atoms with Crippen molar-refractivity contribution < 1.29 is 8.94 Å². The molecular weight excluding hydrogens is 302 g/mol. The molecule has 22 heavy (non-hydrogen) atoms. The van der Waals surface area contributed by atoms with Crippen LogP contribution in [0.1, 0.15) is 11.9 Å². The summed E-state index contributed by atoms with van der Waals surface area (Å²) in [6.07, 6.45) is 3.37. The Morgan fingerprint density at radius 3 is 3.23 bits per heavy atom. The van der Waals surface area contributed by atoms with E-state index in [0.29, 0.717) is 11.7 Å². The van der Waals surface area contributed by atoms with E-state index in [-0.39, 0.29) is 6.04 Å². The van der Waals surface area contributed by atoms with E-state index in [4.69, 9.17) is 8.94 Å². The summed E-state index contributed by atoms with van der Waals surface area (Å²) in [6, 6.07) is 3.86. The topological polar surface area (TPSA) is 80.2 Å². The predicted molar refractivity (Wildman–Crippen MR) is 81.3 cm³/mol. The first-order valence-corrected chi connectivity index (χ1v) is 7.87. The largest absolute Gasteiger partial charge is 0.462 e. The molecule has 7 nitrogen and oxygen atoms in total. The zero-order valence-corrected chi connectivity index (χ0v) is 12.8. The highest BCUT2D eigenvalue weighted by atomic mass is 32.1. The molecule has 114 valence electrons.